The number of pyridine rings is 1. The third-order valence-electron chi connectivity index (χ3n) is 5.98. The van der Waals surface area contributed by atoms with Crippen LogP contribution in [0.5, 0.6) is 11.8 Å². The lowest BCUT2D eigenvalue weighted by Gasteiger charge is -2.16. The van der Waals surface area contributed by atoms with Gasteiger partial charge in [-0.1, -0.05) is 31.8 Å². The largest absolute Gasteiger partial charge is 0.425 e. The summed E-state index contributed by atoms with van der Waals surface area (Å²) in [6, 6.07) is 21.6. The van der Waals surface area contributed by atoms with Crippen LogP contribution in [0.4, 0.5) is 0 Å². The molecule has 0 bridgehead atoms. The number of nitrogens with zero attached hydrogens (tertiary/aromatic N) is 5. The van der Waals surface area contributed by atoms with Crippen LogP contribution >= 0.6 is 0 Å². The molecule has 0 saturated carbocycles. The van der Waals surface area contributed by atoms with E-state index in [0.717, 1.165) is 52.5 Å². The Morgan fingerprint density at radius 3 is 2.46 bits per heavy atom. The zero-order valence-electron chi connectivity index (χ0n) is 20.7. The second-order valence-corrected chi connectivity index (χ2v) is 15.4. The third-order valence-corrected chi connectivity index (χ3v) is 7.69. The number of rotatable bonds is 9. The average Bonchev–Trinajstić information content (AvgIpc) is 3.40. The first-order chi connectivity index (χ1) is 16.9. The zero-order chi connectivity index (χ0) is 24.4. The molecule has 0 saturated heterocycles. The highest BCUT2D eigenvalue weighted by molar-refractivity contribution is 6.76. The fourth-order valence-electron chi connectivity index (χ4n) is 4.02. The summed E-state index contributed by atoms with van der Waals surface area (Å²) in [6.45, 7) is 11.1. The number of hydrogen-bond donors (Lipinski definition) is 0. The van der Waals surface area contributed by atoms with Gasteiger partial charge in [0, 0.05) is 33.0 Å². The van der Waals surface area contributed by atoms with E-state index in [1.165, 1.54) is 0 Å². The van der Waals surface area contributed by atoms with Crippen LogP contribution in [0.3, 0.4) is 0 Å². The van der Waals surface area contributed by atoms with Crippen molar-refractivity contribution in [3.8, 4) is 23.0 Å². The average molecular weight is 486 g/mol. The van der Waals surface area contributed by atoms with Crippen molar-refractivity contribution < 1.29 is 9.47 Å². The first kappa shape index (κ1) is 23.3. The van der Waals surface area contributed by atoms with Gasteiger partial charge in [0.15, 0.2) is 0 Å². The Labute approximate surface area is 206 Å². The lowest BCUT2D eigenvalue weighted by Crippen LogP contribution is -2.22. The molecule has 0 unspecified atom stereocenters. The summed E-state index contributed by atoms with van der Waals surface area (Å²) >= 11 is 0. The molecule has 0 aliphatic rings. The van der Waals surface area contributed by atoms with Crippen LogP contribution in [0.1, 0.15) is 6.92 Å². The fraction of sp³-hybridized carbons (Fsp3) is 0.296. The lowest BCUT2D eigenvalue weighted by atomic mass is 10.1. The van der Waals surface area contributed by atoms with Gasteiger partial charge >= 0.3 is 6.01 Å². The summed E-state index contributed by atoms with van der Waals surface area (Å²) in [7, 11) is -1.15. The molecular weight excluding hydrogens is 454 g/mol. The third kappa shape index (κ3) is 4.99. The van der Waals surface area contributed by atoms with E-state index in [1.807, 2.05) is 63.8 Å². The molecule has 0 aliphatic heterocycles. The van der Waals surface area contributed by atoms with Crippen molar-refractivity contribution in [3.63, 3.8) is 0 Å². The SMILES string of the molecule is CCn1nc(-c2ccc(Oc3nc4ccccc4n3COCC[Si](C)(C)C)cc2)c2ncccc21. The summed E-state index contributed by atoms with van der Waals surface area (Å²) in [5.74, 6) is 0.708. The van der Waals surface area contributed by atoms with Gasteiger partial charge in [0.2, 0.25) is 0 Å². The molecule has 0 radical (unpaired) electrons. The number of ether oxygens (including phenoxy) is 2. The number of aryl methyl sites for hydroxylation is 1. The lowest BCUT2D eigenvalue weighted by molar-refractivity contribution is 0.0850. The van der Waals surface area contributed by atoms with Crippen LogP contribution in [-0.2, 0) is 18.0 Å². The van der Waals surface area contributed by atoms with E-state index in [4.69, 9.17) is 19.6 Å². The maximum Gasteiger partial charge on any atom is 0.304 e. The van der Waals surface area contributed by atoms with E-state index in [0.29, 0.717) is 18.5 Å². The topological polar surface area (TPSA) is 67.0 Å². The Morgan fingerprint density at radius 1 is 0.914 bits per heavy atom. The minimum absolute atomic E-state index is 0.407. The molecule has 3 heterocycles. The van der Waals surface area contributed by atoms with Crippen LogP contribution in [0, 0.1) is 0 Å². The van der Waals surface area contributed by atoms with Gasteiger partial charge in [-0.05, 0) is 61.5 Å². The first-order valence-corrected chi connectivity index (χ1v) is 15.8. The predicted molar refractivity (Wildman–Crippen MR) is 143 cm³/mol. The van der Waals surface area contributed by atoms with Gasteiger partial charge in [-0.3, -0.25) is 14.2 Å². The maximum atomic E-state index is 6.24. The van der Waals surface area contributed by atoms with E-state index < -0.39 is 8.07 Å². The standard InChI is InChI=1S/C27H31N5O2Si/c1-5-32-24-11-8-16-28-26(24)25(30-32)20-12-14-21(15-13-20)34-27-29-22-9-6-7-10-23(22)31(27)19-33-17-18-35(2,3)4/h6-16H,5,17-19H2,1-4H3. The predicted octanol–water partition coefficient (Wildman–Crippen LogP) is 6.57. The monoisotopic (exact) mass is 485 g/mol. The normalized spacial score (nSPS) is 12.0. The van der Waals surface area contributed by atoms with E-state index in [1.54, 1.807) is 6.20 Å². The molecule has 35 heavy (non-hydrogen) atoms. The molecule has 3 aromatic heterocycles. The summed E-state index contributed by atoms with van der Waals surface area (Å²) in [5.41, 5.74) is 5.69. The molecule has 7 nitrogen and oxygen atoms in total. The van der Waals surface area contributed by atoms with E-state index >= 15 is 0 Å². The Bertz CT molecular complexity index is 1450. The second-order valence-electron chi connectivity index (χ2n) is 9.82. The fourth-order valence-corrected chi connectivity index (χ4v) is 4.78. The van der Waals surface area contributed by atoms with Crippen molar-refractivity contribution in [2.75, 3.05) is 6.61 Å². The maximum absolute atomic E-state index is 6.24. The molecular formula is C27H31N5O2Si. The molecule has 2 aromatic carbocycles. The molecule has 0 N–H and O–H groups in total. The highest BCUT2D eigenvalue weighted by atomic mass is 28.3. The highest BCUT2D eigenvalue weighted by Crippen LogP contribution is 2.30. The van der Waals surface area contributed by atoms with Gasteiger partial charge in [0.25, 0.3) is 0 Å². The molecule has 5 rings (SSSR count). The number of para-hydroxylation sites is 2. The van der Waals surface area contributed by atoms with Crippen LogP contribution < -0.4 is 4.74 Å². The van der Waals surface area contributed by atoms with Crippen LogP contribution in [0.2, 0.25) is 25.7 Å². The van der Waals surface area contributed by atoms with Crippen molar-refractivity contribution in [1.29, 1.82) is 0 Å². The Kier molecular flexibility index (Phi) is 6.40. The van der Waals surface area contributed by atoms with E-state index in [2.05, 4.69) is 37.6 Å². The van der Waals surface area contributed by atoms with Crippen molar-refractivity contribution in [3.05, 3.63) is 66.9 Å². The van der Waals surface area contributed by atoms with Gasteiger partial charge in [0.05, 0.1) is 16.6 Å². The van der Waals surface area contributed by atoms with Gasteiger partial charge in [-0.2, -0.15) is 10.1 Å². The van der Waals surface area contributed by atoms with Crippen LogP contribution in [-0.4, -0.2) is 39.0 Å². The van der Waals surface area contributed by atoms with Crippen molar-refractivity contribution in [2.24, 2.45) is 0 Å². The molecule has 0 atom stereocenters. The first-order valence-electron chi connectivity index (χ1n) is 12.1. The molecule has 8 heteroatoms. The smallest absolute Gasteiger partial charge is 0.304 e. The summed E-state index contributed by atoms with van der Waals surface area (Å²) in [5, 5.41) is 4.78. The highest BCUT2D eigenvalue weighted by Gasteiger charge is 2.16. The van der Waals surface area contributed by atoms with E-state index in [-0.39, 0.29) is 0 Å². The minimum Gasteiger partial charge on any atom is -0.425 e. The number of imidazole rings is 1. The van der Waals surface area contributed by atoms with Crippen molar-refractivity contribution in [1.82, 2.24) is 24.3 Å². The number of benzene rings is 2. The molecule has 0 aliphatic carbocycles. The summed E-state index contributed by atoms with van der Waals surface area (Å²) in [6.07, 6.45) is 1.81. The number of hydrogen-bond acceptors (Lipinski definition) is 5. The Balaban J connectivity index is 1.39. The Morgan fingerprint density at radius 2 is 1.69 bits per heavy atom. The van der Waals surface area contributed by atoms with Gasteiger partial charge in [0.1, 0.15) is 23.7 Å². The Hall–Kier alpha value is -3.49. The molecule has 0 spiro atoms. The second kappa shape index (κ2) is 9.63. The van der Waals surface area contributed by atoms with E-state index in [9.17, 15) is 0 Å². The molecule has 0 fully saturated rings. The molecule has 180 valence electrons. The number of fused-ring (bicyclic) bond motifs is 2. The van der Waals surface area contributed by atoms with Crippen molar-refractivity contribution in [2.45, 2.75) is 45.9 Å². The molecule has 5 aromatic rings. The van der Waals surface area contributed by atoms with Crippen LogP contribution in [0.15, 0.2) is 66.9 Å². The number of aromatic nitrogens is 5. The van der Waals surface area contributed by atoms with Crippen LogP contribution in [0.25, 0.3) is 33.3 Å². The minimum atomic E-state index is -1.15. The van der Waals surface area contributed by atoms with Gasteiger partial charge in [-0.25, -0.2) is 0 Å². The summed E-state index contributed by atoms with van der Waals surface area (Å²) < 4.78 is 16.2. The van der Waals surface area contributed by atoms with Gasteiger partial charge < -0.3 is 9.47 Å². The zero-order valence-corrected chi connectivity index (χ0v) is 21.7. The van der Waals surface area contributed by atoms with Crippen molar-refractivity contribution >= 4 is 30.1 Å². The molecule has 0 amide bonds. The quantitative estimate of drug-likeness (QED) is 0.174. The summed E-state index contributed by atoms with van der Waals surface area (Å²) in [4.78, 5) is 9.28. The van der Waals surface area contributed by atoms with Gasteiger partial charge in [-0.15, -0.1) is 0 Å².